The fourth-order valence-electron chi connectivity index (χ4n) is 3.18. The lowest BCUT2D eigenvalue weighted by Crippen LogP contribution is -1.98. The van der Waals surface area contributed by atoms with E-state index in [0.29, 0.717) is 0 Å². The summed E-state index contributed by atoms with van der Waals surface area (Å²) in [7, 11) is 0. The zero-order valence-electron chi connectivity index (χ0n) is 11.7. The topological polar surface area (TPSA) is 33.1 Å². The largest absolute Gasteiger partial charge is 0.383 e. The molecule has 1 N–H and O–H groups in total. The summed E-state index contributed by atoms with van der Waals surface area (Å²) < 4.78 is 0. The monoisotopic (exact) mass is 295 g/mol. The predicted octanol–water partition coefficient (Wildman–Crippen LogP) is 4.26. The Labute approximate surface area is 128 Å². The van der Waals surface area contributed by atoms with E-state index in [1.807, 2.05) is 24.4 Å². The molecule has 1 aliphatic carbocycles. The molecule has 1 unspecified atom stereocenters. The molecule has 0 radical (unpaired) electrons. The van der Waals surface area contributed by atoms with Gasteiger partial charge >= 0.3 is 0 Å². The number of aryl methyl sites for hydroxylation is 2. The zero-order valence-corrected chi connectivity index (χ0v) is 12.6. The molecule has 0 bridgehead atoms. The molecule has 3 aromatic rings. The normalized spacial score (nSPS) is 15.9. The highest BCUT2D eigenvalue weighted by Crippen LogP contribution is 2.37. The third kappa shape index (κ3) is 2.27. The minimum atomic E-state index is -0.548. The first-order valence-corrected chi connectivity index (χ1v) is 8.27. The van der Waals surface area contributed by atoms with E-state index in [9.17, 15) is 5.11 Å². The van der Waals surface area contributed by atoms with Gasteiger partial charge in [-0.15, -0.1) is 11.3 Å². The Bertz CT molecular complexity index is 764. The van der Waals surface area contributed by atoms with Crippen molar-refractivity contribution in [3.8, 4) is 0 Å². The van der Waals surface area contributed by atoms with Crippen LogP contribution in [-0.2, 0) is 12.8 Å². The molecule has 4 rings (SSSR count). The summed E-state index contributed by atoms with van der Waals surface area (Å²) in [6, 6.07) is 10.3. The van der Waals surface area contributed by atoms with E-state index in [0.717, 1.165) is 27.6 Å². The summed E-state index contributed by atoms with van der Waals surface area (Å²) in [4.78, 5) is 6.74. The van der Waals surface area contributed by atoms with E-state index in [2.05, 4.69) is 17.1 Å². The van der Waals surface area contributed by atoms with Gasteiger partial charge in [0.05, 0.1) is 0 Å². The first kappa shape index (κ1) is 13.0. The van der Waals surface area contributed by atoms with Crippen molar-refractivity contribution in [3.05, 3.63) is 63.6 Å². The first-order valence-electron chi connectivity index (χ1n) is 7.45. The standard InChI is InChI=1S/C18H17NOS/c20-18(17-10-13-4-1-2-7-16(13)21-17)14-6-3-5-12-8-9-19-11-15(12)14/h3,5-6,8-11,18,20H,1-2,4,7H2. The van der Waals surface area contributed by atoms with Crippen molar-refractivity contribution in [2.45, 2.75) is 31.8 Å². The van der Waals surface area contributed by atoms with E-state index in [1.54, 1.807) is 17.5 Å². The van der Waals surface area contributed by atoms with Crippen LogP contribution >= 0.6 is 11.3 Å². The number of fused-ring (bicyclic) bond motifs is 2. The maximum Gasteiger partial charge on any atom is 0.114 e. The Morgan fingerprint density at radius 2 is 2.05 bits per heavy atom. The molecule has 0 spiro atoms. The second kappa shape index (κ2) is 5.24. The molecule has 1 aliphatic rings. The van der Waals surface area contributed by atoms with E-state index in [4.69, 9.17) is 0 Å². The Hall–Kier alpha value is -1.71. The van der Waals surface area contributed by atoms with Gasteiger partial charge in [-0.1, -0.05) is 18.2 Å². The van der Waals surface area contributed by atoms with Gasteiger partial charge in [0.2, 0.25) is 0 Å². The SMILES string of the molecule is OC(c1cc2c(s1)CCCC2)c1cccc2ccncc12. The number of aromatic nitrogens is 1. The molecule has 0 saturated carbocycles. The molecule has 3 heteroatoms. The van der Waals surface area contributed by atoms with Crippen LogP contribution in [0.25, 0.3) is 10.8 Å². The average molecular weight is 295 g/mol. The molecular weight excluding hydrogens is 278 g/mol. The third-order valence-electron chi connectivity index (χ3n) is 4.30. The zero-order chi connectivity index (χ0) is 14.2. The number of rotatable bonds is 2. The Balaban J connectivity index is 1.79. The van der Waals surface area contributed by atoms with Gasteiger partial charge in [-0.3, -0.25) is 4.98 Å². The van der Waals surface area contributed by atoms with Gasteiger partial charge in [0, 0.05) is 27.5 Å². The number of nitrogens with zero attached hydrogens (tertiary/aromatic N) is 1. The molecule has 0 aliphatic heterocycles. The molecule has 1 atom stereocenters. The highest BCUT2D eigenvalue weighted by atomic mass is 32.1. The molecular formula is C18H17NOS. The highest BCUT2D eigenvalue weighted by molar-refractivity contribution is 7.12. The predicted molar refractivity (Wildman–Crippen MR) is 86.8 cm³/mol. The number of hydrogen-bond donors (Lipinski definition) is 1. The number of aliphatic hydroxyl groups is 1. The van der Waals surface area contributed by atoms with Crippen molar-refractivity contribution in [1.82, 2.24) is 4.98 Å². The molecule has 21 heavy (non-hydrogen) atoms. The highest BCUT2D eigenvalue weighted by Gasteiger charge is 2.20. The van der Waals surface area contributed by atoms with Gasteiger partial charge in [-0.25, -0.2) is 0 Å². The fraction of sp³-hybridized carbons (Fsp3) is 0.278. The van der Waals surface area contributed by atoms with Gasteiger partial charge in [-0.05, 0) is 54.3 Å². The Morgan fingerprint density at radius 3 is 2.95 bits per heavy atom. The van der Waals surface area contributed by atoms with Crippen LogP contribution in [0.4, 0.5) is 0 Å². The second-order valence-electron chi connectivity index (χ2n) is 5.65. The maximum atomic E-state index is 10.8. The molecule has 2 heterocycles. The molecule has 106 valence electrons. The molecule has 2 aromatic heterocycles. The number of benzene rings is 1. The van der Waals surface area contributed by atoms with Crippen molar-refractivity contribution in [2.24, 2.45) is 0 Å². The minimum Gasteiger partial charge on any atom is -0.383 e. The Morgan fingerprint density at radius 1 is 1.14 bits per heavy atom. The number of thiophene rings is 1. The first-order chi connectivity index (χ1) is 10.3. The third-order valence-corrected chi connectivity index (χ3v) is 5.59. The lowest BCUT2D eigenvalue weighted by atomic mass is 9.97. The molecule has 0 fully saturated rings. The van der Waals surface area contributed by atoms with Crippen molar-refractivity contribution < 1.29 is 5.11 Å². The van der Waals surface area contributed by atoms with Crippen molar-refractivity contribution in [2.75, 3.05) is 0 Å². The lowest BCUT2D eigenvalue weighted by Gasteiger charge is -2.12. The van der Waals surface area contributed by atoms with Crippen molar-refractivity contribution in [1.29, 1.82) is 0 Å². The summed E-state index contributed by atoms with van der Waals surface area (Å²) >= 11 is 1.78. The van der Waals surface area contributed by atoms with Crippen LogP contribution in [-0.4, -0.2) is 10.1 Å². The summed E-state index contributed by atoms with van der Waals surface area (Å²) in [5.74, 6) is 0. The van der Waals surface area contributed by atoms with Crippen LogP contribution < -0.4 is 0 Å². The van der Waals surface area contributed by atoms with Crippen LogP contribution in [0, 0.1) is 0 Å². The van der Waals surface area contributed by atoms with Gasteiger partial charge in [0.15, 0.2) is 0 Å². The van der Waals surface area contributed by atoms with E-state index >= 15 is 0 Å². The van der Waals surface area contributed by atoms with Crippen molar-refractivity contribution in [3.63, 3.8) is 0 Å². The average Bonchev–Trinajstić information content (AvgIpc) is 2.97. The summed E-state index contributed by atoms with van der Waals surface area (Å²) in [5.41, 5.74) is 2.40. The van der Waals surface area contributed by atoms with E-state index in [1.165, 1.54) is 29.7 Å². The summed E-state index contributed by atoms with van der Waals surface area (Å²) in [5, 5.41) is 13.0. The number of aliphatic hydroxyl groups excluding tert-OH is 1. The molecule has 0 amide bonds. The van der Waals surface area contributed by atoms with Gasteiger partial charge in [-0.2, -0.15) is 0 Å². The van der Waals surface area contributed by atoms with Gasteiger partial charge in [0.1, 0.15) is 6.10 Å². The van der Waals surface area contributed by atoms with Crippen LogP contribution in [0.5, 0.6) is 0 Å². The second-order valence-corrected chi connectivity index (χ2v) is 6.82. The number of pyridine rings is 1. The van der Waals surface area contributed by atoms with Crippen LogP contribution in [0.15, 0.2) is 42.7 Å². The summed E-state index contributed by atoms with van der Waals surface area (Å²) in [6.07, 6.45) is 7.98. The maximum absolute atomic E-state index is 10.8. The fourth-order valence-corrected chi connectivity index (χ4v) is 4.44. The minimum absolute atomic E-state index is 0.548. The summed E-state index contributed by atoms with van der Waals surface area (Å²) in [6.45, 7) is 0. The van der Waals surface area contributed by atoms with Crippen LogP contribution in [0.1, 0.15) is 39.8 Å². The van der Waals surface area contributed by atoms with Crippen LogP contribution in [0.3, 0.4) is 0 Å². The quantitative estimate of drug-likeness (QED) is 0.766. The number of hydrogen-bond acceptors (Lipinski definition) is 3. The molecule has 0 saturated heterocycles. The Kier molecular flexibility index (Phi) is 3.24. The van der Waals surface area contributed by atoms with Crippen LogP contribution in [0.2, 0.25) is 0 Å². The van der Waals surface area contributed by atoms with Crippen molar-refractivity contribution >= 4 is 22.1 Å². The molecule has 2 nitrogen and oxygen atoms in total. The lowest BCUT2D eigenvalue weighted by molar-refractivity contribution is 0.225. The van der Waals surface area contributed by atoms with Gasteiger partial charge in [0.25, 0.3) is 0 Å². The van der Waals surface area contributed by atoms with E-state index in [-0.39, 0.29) is 0 Å². The van der Waals surface area contributed by atoms with Gasteiger partial charge < -0.3 is 5.11 Å². The van der Waals surface area contributed by atoms with E-state index < -0.39 is 6.10 Å². The molecule has 1 aromatic carbocycles. The smallest absolute Gasteiger partial charge is 0.114 e.